The van der Waals surface area contributed by atoms with Crippen LogP contribution in [0.1, 0.15) is 55.4 Å². The number of benzene rings is 3. The molecule has 1 aliphatic carbocycles. The van der Waals surface area contributed by atoms with E-state index in [1.165, 1.54) is 22.0 Å². The number of hydrogen-bond acceptors (Lipinski definition) is 4. The second kappa shape index (κ2) is 8.77. The molecule has 0 spiro atoms. The number of fused-ring (bicyclic) bond motifs is 3. The van der Waals surface area contributed by atoms with Crippen LogP contribution in [0, 0.1) is 0 Å². The van der Waals surface area contributed by atoms with Crippen LogP contribution in [0.5, 0.6) is 0 Å². The Hall–Kier alpha value is -3.79. The molecule has 35 heavy (non-hydrogen) atoms. The van der Waals surface area contributed by atoms with Gasteiger partial charge in [0.05, 0.1) is 6.26 Å². The molecule has 0 bridgehead atoms. The normalized spacial score (nSPS) is 19.3. The first-order chi connectivity index (χ1) is 17.2. The van der Waals surface area contributed by atoms with Gasteiger partial charge in [-0.25, -0.2) is 0 Å². The molecular formula is C31H30N2O2. The van der Waals surface area contributed by atoms with E-state index in [0.717, 1.165) is 47.8 Å². The third-order valence-corrected chi connectivity index (χ3v) is 7.64. The Morgan fingerprint density at radius 1 is 0.914 bits per heavy atom. The number of nitrogens with zero attached hydrogens (tertiary/aromatic N) is 1. The Balaban J connectivity index is 1.52. The third-order valence-electron chi connectivity index (χ3n) is 7.64. The van der Waals surface area contributed by atoms with Crippen molar-refractivity contribution >= 4 is 27.9 Å². The Bertz CT molecular complexity index is 1410. The number of anilines is 2. The molecule has 4 heteroatoms. The van der Waals surface area contributed by atoms with E-state index in [-0.39, 0.29) is 17.6 Å². The van der Waals surface area contributed by atoms with Crippen LogP contribution >= 0.6 is 0 Å². The number of carbonyl (C=O) groups is 1. The van der Waals surface area contributed by atoms with Gasteiger partial charge in [0.15, 0.2) is 5.78 Å². The highest BCUT2D eigenvalue weighted by Crippen LogP contribution is 2.50. The van der Waals surface area contributed by atoms with Gasteiger partial charge in [0.2, 0.25) is 0 Å². The van der Waals surface area contributed by atoms with Crippen molar-refractivity contribution < 1.29 is 9.21 Å². The van der Waals surface area contributed by atoms with E-state index in [2.05, 4.69) is 84.7 Å². The molecule has 0 fully saturated rings. The highest BCUT2D eigenvalue weighted by atomic mass is 16.3. The van der Waals surface area contributed by atoms with Gasteiger partial charge in [-0.2, -0.15) is 0 Å². The molecule has 1 aromatic heterocycles. The zero-order valence-corrected chi connectivity index (χ0v) is 20.3. The van der Waals surface area contributed by atoms with E-state index < -0.39 is 0 Å². The van der Waals surface area contributed by atoms with Crippen molar-refractivity contribution in [1.82, 2.24) is 0 Å². The molecule has 2 aliphatic rings. The molecule has 1 N–H and O–H groups in total. The van der Waals surface area contributed by atoms with Gasteiger partial charge in [-0.3, -0.25) is 4.79 Å². The fourth-order valence-corrected chi connectivity index (χ4v) is 5.93. The van der Waals surface area contributed by atoms with Crippen molar-refractivity contribution in [2.24, 2.45) is 0 Å². The van der Waals surface area contributed by atoms with Crippen LogP contribution in [-0.2, 0) is 4.79 Å². The molecule has 2 heterocycles. The smallest absolute Gasteiger partial charge is 0.162 e. The predicted molar refractivity (Wildman–Crippen MR) is 142 cm³/mol. The average molecular weight is 463 g/mol. The first kappa shape index (κ1) is 21.7. The van der Waals surface area contributed by atoms with Crippen molar-refractivity contribution in [1.29, 1.82) is 0 Å². The SMILES string of the molecule is CCN(CC)c1ccc([C@H]2C3=C(C[C@H](c4ccco4)CC3=O)Nc3ccc4ccccc4c32)cc1. The first-order valence-electron chi connectivity index (χ1n) is 12.6. The zero-order chi connectivity index (χ0) is 23.9. The van der Waals surface area contributed by atoms with E-state index in [1.54, 1.807) is 6.26 Å². The van der Waals surface area contributed by atoms with E-state index in [9.17, 15) is 4.79 Å². The minimum atomic E-state index is -0.0943. The largest absolute Gasteiger partial charge is 0.469 e. The number of Topliss-reactive ketones (excluding diaryl/α,β-unsaturated/α-hetero) is 1. The highest BCUT2D eigenvalue weighted by molar-refractivity contribution is 6.04. The van der Waals surface area contributed by atoms with Crippen LogP contribution in [0.3, 0.4) is 0 Å². The first-order valence-corrected chi connectivity index (χ1v) is 12.6. The number of furan rings is 1. The zero-order valence-electron chi connectivity index (χ0n) is 20.3. The van der Waals surface area contributed by atoms with Gasteiger partial charge in [-0.05, 0) is 72.5 Å². The topological polar surface area (TPSA) is 45.5 Å². The van der Waals surface area contributed by atoms with Crippen LogP contribution < -0.4 is 10.2 Å². The van der Waals surface area contributed by atoms with Gasteiger partial charge in [0, 0.05) is 54.0 Å². The van der Waals surface area contributed by atoms with Gasteiger partial charge in [0.1, 0.15) is 5.76 Å². The minimum absolute atomic E-state index is 0.0662. The maximum atomic E-state index is 13.8. The lowest BCUT2D eigenvalue weighted by Crippen LogP contribution is -2.30. The lowest BCUT2D eigenvalue weighted by atomic mass is 9.71. The van der Waals surface area contributed by atoms with Crippen molar-refractivity contribution in [3.05, 3.63) is 107 Å². The average Bonchev–Trinajstić information content (AvgIpc) is 3.44. The Morgan fingerprint density at radius 3 is 2.46 bits per heavy atom. The highest BCUT2D eigenvalue weighted by Gasteiger charge is 2.39. The second-order valence-corrected chi connectivity index (χ2v) is 9.51. The number of rotatable bonds is 5. The lowest BCUT2D eigenvalue weighted by Gasteiger charge is -2.37. The summed E-state index contributed by atoms with van der Waals surface area (Å²) in [6.45, 7) is 6.30. The maximum absolute atomic E-state index is 13.8. The summed E-state index contributed by atoms with van der Waals surface area (Å²) in [4.78, 5) is 16.1. The van der Waals surface area contributed by atoms with Gasteiger partial charge in [-0.1, -0.05) is 42.5 Å². The van der Waals surface area contributed by atoms with Gasteiger partial charge in [0.25, 0.3) is 0 Å². The monoisotopic (exact) mass is 462 g/mol. The summed E-state index contributed by atoms with van der Waals surface area (Å²) in [7, 11) is 0. The van der Waals surface area contributed by atoms with Crippen LogP contribution in [-0.4, -0.2) is 18.9 Å². The number of hydrogen-bond donors (Lipinski definition) is 1. The molecule has 176 valence electrons. The lowest BCUT2D eigenvalue weighted by molar-refractivity contribution is -0.116. The molecule has 4 aromatic rings. The number of allylic oxidation sites excluding steroid dienone is 2. The molecule has 0 radical (unpaired) electrons. The van der Waals surface area contributed by atoms with Crippen molar-refractivity contribution in [3.63, 3.8) is 0 Å². The number of carbonyl (C=O) groups excluding carboxylic acids is 1. The molecule has 4 nitrogen and oxygen atoms in total. The molecule has 3 aromatic carbocycles. The standard InChI is InChI=1S/C31H30N2O2/c1-3-33(4-2)23-14-11-21(12-15-23)29-30-24-9-6-5-8-20(24)13-16-25(30)32-26-18-22(19-27(34)31(26)29)28-10-7-17-35-28/h5-17,22,29,32H,3-4,18-19H2,1-2H3/t22-,29+/m0/s1. The second-order valence-electron chi connectivity index (χ2n) is 9.51. The summed E-state index contributed by atoms with van der Waals surface area (Å²) in [5, 5.41) is 6.06. The fourth-order valence-electron chi connectivity index (χ4n) is 5.93. The molecule has 1 aliphatic heterocycles. The predicted octanol–water partition coefficient (Wildman–Crippen LogP) is 7.24. The van der Waals surface area contributed by atoms with Gasteiger partial charge < -0.3 is 14.6 Å². The summed E-state index contributed by atoms with van der Waals surface area (Å²) < 4.78 is 5.69. The van der Waals surface area contributed by atoms with E-state index in [1.807, 2.05) is 12.1 Å². The Morgan fingerprint density at radius 2 is 1.71 bits per heavy atom. The Labute approximate surface area is 206 Å². The molecule has 0 saturated heterocycles. The maximum Gasteiger partial charge on any atom is 0.162 e. The summed E-state index contributed by atoms with van der Waals surface area (Å²) >= 11 is 0. The summed E-state index contributed by atoms with van der Waals surface area (Å²) in [6, 6.07) is 25.5. The summed E-state index contributed by atoms with van der Waals surface area (Å²) in [5.74, 6) is 1.06. The molecule has 6 rings (SSSR count). The fraction of sp³-hybridized carbons (Fsp3) is 0.258. The quantitative estimate of drug-likeness (QED) is 0.340. The number of nitrogens with one attached hydrogen (secondary N) is 1. The van der Waals surface area contributed by atoms with E-state index in [4.69, 9.17) is 4.42 Å². The van der Waals surface area contributed by atoms with Gasteiger partial charge in [-0.15, -0.1) is 0 Å². The summed E-state index contributed by atoms with van der Waals surface area (Å²) in [6.07, 6.45) is 2.94. The van der Waals surface area contributed by atoms with Crippen LogP contribution in [0.15, 0.2) is 94.7 Å². The van der Waals surface area contributed by atoms with E-state index in [0.29, 0.717) is 6.42 Å². The van der Waals surface area contributed by atoms with Crippen molar-refractivity contribution in [3.8, 4) is 0 Å². The molecule has 2 atom stereocenters. The van der Waals surface area contributed by atoms with Crippen molar-refractivity contribution in [2.45, 2.75) is 38.5 Å². The number of ketones is 1. The third kappa shape index (κ3) is 3.65. The van der Waals surface area contributed by atoms with Crippen LogP contribution in [0.2, 0.25) is 0 Å². The van der Waals surface area contributed by atoms with Crippen LogP contribution in [0.4, 0.5) is 11.4 Å². The summed E-state index contributed by atoms with van der Waals surface area (Å²) in [5.41, 5.74) is 6.61. The molecule has 0 unspecified atom stereocenters. The molecular weight excluding hydrogens is 432 g/mol. The van der Waals surface area contributed by atoms with Gasteiger partial charge >= 0.3 is 0 Å². The van der Waals surface area contributed by atoms with Crippen molar-refractivity contribution in [2.75, 3.05) is 23.3 Å². The Kier molecular flexibility index (Phi) is 5.44. The van der Waals surface area contributed by atoms with Crippen LogP contribution in [0.25, 0.3) is 10.8 Å². The molecule has 0 saturated carbocycles. The minimum Gasteiger partial charge on any atom is -0.469 e. The molecule has 0 amide bonds. The van der Waals surface area contributed by atoms with E-state index >= 15 is 0 Å².